The van der Waals surface area contributed by atoms with Crippen LogP contribution in [-0.4, -0.2) is 36.9 Å². The molecule has 2 N–H and O–H groups in total. The molecule has 0 radical (unpaired) electrons. The molecule has 26 heavy (non-hydrogen) atoms. The molecule has 0 atom stereocenters. The number of hydrazone groups is 1. The Morgan fingerprint density at radius 2 is 1.96 bits per heavy atom. The summed E-state index contributed by atoms with van der Waals surface area (Å²) < 4.78 is 11.0. The Morgan fingerprint density at radius 1 is 1.19 bits per heavy atom. The molecule has 1 aliphatic heterocycles. The zero-order valence-corrected chi connectivity index (χ0v) is 15.1. The van der Waals surface area contributed by atoms with Crippen molar-refractivity contribution in [1.29, 1.82) is 0 Å². The first-order valence-corrected chi connectivity index (χ1v) is 8.68. The summed E-state index contributed by atoms with van der Waals surface area (Å²) in [5.41, 5.74) is 8.70. The van der Waals surface area contributed by atoms with Crippen LogP contribution in [-0.2, 0) is 0 Å². The lowest BCUT2D eigenvalue weighted by Crippen LogP contribution is -2.32. The van der Waals surface area contributed by atoms with E-state index in [1.807, 2.05) is 25.1 Å². The van der Waals surface area contributed by atoms with E-state index < -0.39 is 0 Å². The minimum atomic E-state index is -0.124. The number of carbonyl (C=O) groups is 1. The largest absolute Gasteiger partial charge is 0.493 e. The summed E-state index contributed by atoms with van der Waals surface area (Å²) in [5, 5.41) is 6.10. The maximum Gasteiger partial charge on any atom is 0.273 e. The van der Waals surface area contributed by atoms with Gasteiger partial charge in [0.15, 0.2) is 11.5 Å². The molecule has 1 amide bonds. The van der Waals surface area contributed by atoms with Gasteiger partial charge in [-0.25, -0.2) is 5.01 Å². The lowest BCUT2D eigenvalue weighted by Gasteiger charge is -2.24. The Bertz CT molecular complexity index is 816. The number of carbonyl (C=O) groups excluding carboxylic acids is 1. The van der Waals surface area contributed by atoms with Gasteiger partial charge in [0, 0.05) is 23.4 Å². The predicted octanol–water partition coefficient (Wildman–Crippen LogP) is 3.32. The summed E-state index contributed by atoms with van der Waals surface area (Å²) >= 11 is 0. The number of hydrogen-bond acceptors (Lipinski definition) is 5. The second-order valence-corrected chi connectivity index (χ2v) is 6.00. The standard InChI is InChI=1S/C20H23N3O3/c1-3-26-19-13-15(8-11-18(19)25-2)17-5-4-12-23(22-17)20(24)14-6-9-16(21)10-7-14/h6-11,13H,3-5,12,21H2,1-2H3. The number of rotatable bonds is 5. The predicted molar refractivity (Wildman–Crippen MR) is 102 cm³/mol. The van der Waals surface area contributed by atoms with Crippen molar-refractivity contribution in [2.45, 2.75) is 19.8 Å². The summed E-state index contributed by atoms with van der Waals surface area (Å²) in [5.74, 6) is 1.24. The van der Waals surface area contributed by atoms with Gasteiger partial charge in [-0.3, -0.25) is 4.79 Å². The van der Waals surface area contributed by atoms with Crippen molar-refractivity contribution in [3.63, 3.8) is 0 Å². The second-order valence-electron chi connectivity index (χ2n) is 6.00. The lowest BCUT2D eigenvalue weighted by molar-refractivity contribution is 0.0751. The van der Waals surface area contributed by atoms with Gasteiger partial charge in [0.1, 0.15) is 0 Å². The zero-order chi connectivity index (χ0) is 18.5. The summed E-state index contributed by atoms with van der Waals surface area (Å²) in [6, 6.07) is 12.6. The normalized spacial score (nSPS) is 13.9. The number of nitrogens with zero attached hydrogens (tertiary/aromatic N) is 2. The van der Waals surface area contributed by atoms with Crippen LogP contribution in [0.25, 0.3) is 0 Å². The van der Waals surface area contributed by atoms with Crippen LogP contribution in [0.2, 0.25) is 0 Å². The first-order valence-electron chi connectivity index (χ1n) is 8.68. The summed E-state index contributed by atoms with van der Waals surface area (Å²) in [6.07, 6.45) is 1.67. The minimum Gasteiger partial charge on any atom is -0.493 e. The van der Waals surface area contributed by atoms with Crippen LogP contribution < -0.4 is 15.2 Å². The van der Waals surface area contributed by atoms with Crippen molar-refractivity contribution in [3.8, 4) is 11.5 Å². The van der Waals surface area contributed by atoms with Crippen LogP contribution in [0.3, 0.4) is 0 Å². The van der Waals surface area contributed by atoms with Gasteiger partial charge in [-0.15, -0.1) is 0 Å². The number of nitrogen functional groups attached to an aromatic ring is 1. The summed E-state index contributed by atoms with van der Waals surface area (Å²) in [7, 11) is 1.61. The molecule has 0 saturated heterocycles. The molecule has 136 valence electrons. The number of amides is 1. The van der Waals surface area contributed by atoms with E-state index in [0.717, 1.165) is 24.1 Å². The number of hydrogen-bond donors (Lipinski definition) is 1. The molecule has 0 spiro atoms. The van der Waals surface area contributed by atoms with E-state index in [-0.39, 0.29) is 5.91 Å². The molecular formula is C20H23N3O3. The first kappa shape index (κ1) is 17.8. The highest BCUT2D eigenvalue weighted by Crippen LogP contribution is 2.29. The zero-order valence-electron chi connectivity index (χ0n) is 15.1. The highest BCUT2D eigenvalue weighted by atomic mass is 16.5. The quantitative estimate of drug-likeness (QED) is 0.837. The molecular weight excluding hydrogens is 330 g/mol. The van der Waals surface area contributed by atoms with Crippen LogP contribution in [0.15, 0.2) is 47.6 Å². The van der Waals surface area contributed by atoms with Crippen LogP contribution in [0.1, 0.15) is 35.7 Å². The number of ether oxygens (including phenoxy) is 2. The third-order valence-corrected chi connectivity index (χ3v) is 4.21. The van der Waals surface area contributed by atoms with E-state index in [4.69, 9.17) is 15.2 Å². The Balaban J connectivity index is 1.87. The van der Waals surface area contributed by atoms with Crippen LogP contribution in [0.4, 0.5) is 5.69 Å². The van der Waals surface area contributed by atoms with Gasteiger partial charge in [-0.05, 0) is 62.2 Å². The van der Waals surface area contributed by atoms with E-state index in [1.165, 1.54) is 5.01 Å². The van der Waals surface area contributed by atoms with E-state index >= 15 is 0 Å². The van der Waals surface area contributed by atoms with Crippen molar-refractivity contribution >= 4 is 17.3 Å². The van der Waals surface area contributed by atoms with Gasteiger partial charge in [-0.1, -0.05) is 0 Å². The summed E-state index contributed by atoms with van der Waals surface area (Å²) in [4.78, 5) is 12.7. The van der Waals surface area contributed by atoms with Crippen molar-refractivity contribution in [2.75, 3.05) is 26.0 Å². The molecule has 0 unspecified atom stereocenters. The smallest absolute Gasteiger partial charge is 0.273 e. The molecule has 6 nitrogen and oxygen atoms in total. The third-order valence-electron chi connectivity index (χ3n) is 4.21. The second kappa shape index (κ2) is 7.91. The molecule has 1 aliphatic rings. The van der Waals surface area contributed by atoms with Gasteiger partial charge < -0.3 is 15.2 Å². The Labute approximate surface area is 153 Å². The molecule has 1 heterocycles. The molecule has 0 fully saturated rings. The first-order chi connectivity index (χ1) is 12.6. The molecule has 2 aromatic carbocycles. The topological polar surface area (TPSA) is 77.2 Å². The maximum absolute atomic E-state index is 12.7. The van der Waals surface area contributed by atoms with Crippen LogP contribution >= 0.6 is 0 Å². The van der Waals surface area contributed by atoms with Crippen LogP contribution in [0, 0.1) is 0 Å². The van der Waals surface area contributed by atoms with E-state index in [2.05, 4.69) is 5.10 Å². The van der Waals surface area contributed by atoms with Crippen LogP contribution in [0.5, 0.6) is 11.5 Å². The van der Waals surface area contributed by atoms with E-state index in [0.29, 0.717) is 35.9 Å². The maximum atomic E-state index is 12.7. The van der Waals surface area contributed by atoms with Gasteiger partial charge in [0.2, 0.25) is 0 Å². The van der Waals surface area contributed by atoms with Gasteiger partial charge >= 0.3 is 0 Å². The fourth-order valence-electron chi connectivity index (χ4n) is 2.89. The Morgan fingerprint density at radius 3 is 2.65 bits per heavy atom. The molecule has 2 aromatic rings. The molecule has 0 saturated carbocycles. The highest BCUT2D eigenvalue weighted by Gasteiger charge is 2.21. The average Bonchev–Trinajstić information content (AvgIpc) is 2.68. The molecule has 3 rings (SSSR count). The SMILES string of the molecule is CCOc1cc(C2=NN(C(=O)c3ccc(N)cc3)CCC2)ccc1OC. The Kier molecular flexibility index (Phi) is 5.41. The number of benzene rings is 2. The van der Waals surface area contributed by atoms with Gasteiger partial charge in [0.05, 0.1) is 19.4 Å². The number of nitrogens with two attached hydrogens (primary N) is 1. The van der Waals surface area contributed by atoms with Crippen molar-refractivity contribution < 1.29 is 14.3 Å². The highest BCUT2D eigenvalue weighted by molar-refractivity contribution is 6.03. The molecule has 6 heteroatoms. The van der Waals surface area contributed by atoms with Crippen molar-refractivity contribution in [1.82, 2.24) is 5.01 Å². The Hall–Kier alpha value is -3.02. The minimum absolute atomic E-state index is 0.124. The molecule has 0 aliphatic carbocycles. The molecule has 0 aromatic heterocycles. The fourth-order valence-corrected chi connectivity index (χ4v) is 2.89. The molecule has 0 bridgehead atoms. The van der Waals surface area contributed by atoms with Crippen molar-refractivity contribution in [2.24, 2.45) is 5.10 Å². The number of anilines is 1. The lowest BCUT2D eigenvalue weighted by atomic mass is 10.0. The van der Waals surface area contributed by atoms with Gasteiger partial charge in [-0.2, -0.15) is 5.10 Å². The van der Waals surface area contributed by atoms with Crippen molar-refractivity contribution in [3.05, 3.63) is 53.6 Å². The van der Waals surface area contributed by atoms with Gasteiger partial charge in [0.25, 0.3) is 5.91 Å². The monoisotopic (exact) mass is 353 g/mol. The number of methoxy groups -OCH3 is 1. The average molecular weight is 353 g/mol. The fraction of sp³-hybridized carbons (Fsp3) is 0.300. The van der Waals surface area contributed by atoms with E-state index in [9.17, 15) is 4.79 Å². The van der Waals surface area contributed by atoms with E-state index in [1.54, 1.807) is 31.4 Å². The third kappa shape index (κ3) is 3.79. The summed E-state index contributed by atoms with van der Waals surface area (Å²) in [6.45, 7) is 3.08.